The SMILES string of the molecule is CN1Cc2ccc(NC(=O)c3cnc[nH]3)cc2C1. The number of rotatable bonds is 2. The number of carbonyl (C=O) groups is 1. The Hall–Kier alpha value is -2.14. The van der Waals surface area contributed by atoms with E-state index in [1.54, 1.807) is 0 Å². The van der Waals surface area contributed by atoms with E-state index in [0.717, 1.165) is 18.8 Å². The van der Waals surface area contributed by atoms with Gasteiger partial charge in [0.2, 0.25) is 0 Å². The summed E-state index contributed by atoms with van der Waals surface area (Å²) in [4.78, 5) is 20.7. The van der Waals surface area contributed by atoms with Crippen molar-refractivity contribution >= 4 is 11.6 Å². The Bertz CT molecular complexity index is 577. The molecule has 0 aliphatic carbocycles. The van der Waals surface area contributed by atoms with Crippen molar-refractivity contribution in [3.05, 3.63) is 47.5 Å². The second-order valence-corrected chi connectivity index (χ2v) is 4.58. The van der Waals surface area contributed by atoms with Gasteiger partial charge < -0.3 is 10.3 Å². The van der Waals surface area contributed by atoms with Gasteiger partial charge in [0.15, 0.2) is 0 Å². The molecule has 3 rings (SSSR count). The van der Waals surface area contributed by atoms with Crippen LogP contribution in [0.1, 0.15) is 21.6 Å². The number of H-pyrrole nitrogens is 1. The maximum atomic E-state index is 11.8. The van der Waals surface area contributed by atoms with Gasteiger partial charge in [0.1, 0.15) is 5.69 Å². The Kier molecular flexibility index (Phi) is 2.60. The van der Waals surface area contributed by atoms with Crippen LogP contribution in [0.4, 0.5) is 5.69 Å². The van der Waals surface area contributed by atoms with Gasteiger partial charge in [-0.05, 0) is 30.3 Å². The minimum absolute atomic E-state index is 0.168. The molecule has 1 aliphatic heterocycles. The third-order valence-corrected chi connectivity index (χ3v) is 3.09. The molecule has 1 amide bonds. The number of aromatic amines is 1. The van der Waals surface area contributed by atoms with E-state index in [-0.39, 0.29) is 5.91 Å². The van der Waals surface area contributed by atoms with E-state index in [2.05, 4.69) is 33.3 Å². The second-order valence-electron chi connectivity index (χ2n) is 4.58. The number of hydrogen-bond donors (Lipinski definition) is 2. The highest BCUT2D eigenvalue weighted by Crippen LogP contribution is 2.24. The standard InChI is InChI=1S/C13H14N4O/c1-17-6-9-2-3-11(4-10(9)7-17)16-13(18)12-5-14-8-15-12/h2-5,8H,6-7H2,1H3,(H,14,15)(H,16,18). The summed E-state index contributed by atoms with van der Waals surface area (Å²) < 4.78 is 0. The summed E-state index contributed by atoms with van der Waals surface area (Å²) in [6.07, 6.45) is 3.00. The topological polar surface area (TPSA) is 61.0 Å². The fraction of sp³-hybridized carbons (Fsp3) is 0.231. The number of anilines is 1. The lowest BCUT2D eigenvalue weighted by atomic mass is 10.1. The molecule has 2 N–H and O–H groups in total. The summed E-state index contributed by atoms with van der Waals surface area (Å²) in [7, 11) is 2.09. The van der Waals surface area contributed by atoms with Crippen LogP contribution in [0.3, 0.4) is 0 Å². The molecule has 18 heavy (non-hydrogen) atoms. The number of carbonyl (C=O) groups excluding carboxylic acids is 1. The van der Waals surface area contributed by atoms with Gasteiger partial charge in [-0.1, -0.05) is 6.07 Å². The van der Waals surface area contributed by atoms with Crippen molar-refractivity contribution < 1.29 is 4.79 Å². The molecule has 1 aromatic heterocycles. The van der Waals surface area contributed by atoms with Crippen molar-refractivity contribution in [2.75, 3.05) is 12.4 Å². The van der Waals surface area contributed by atoms with E-state index in [9.17, 15) is 4.79 Å². The first-order valence-corrected chi connectivity index (χ1v) is 5.82. The molecule has 1 aliphatic rings. The maximum absolute atomic E-state index is 11.8. The first-order valence-electron chi connectivity index (χ1n) is 5.82. The fourth-order valence-corrected chi connectivity index (χ4v) is 2.22. The van der Waals surface area contributed by atoms with Crippen molar-refractivity contribution in [1.82, 2.24) is 14.9 Å². The zero-order valence-electron chi connectivity index (χ0n) is 10.1. The molecule has 5 nitrogen and oxygen atoms in total. The average molecular weight is 242 g/mol. The molecule has 0 fully saturated rings. The van der Waals surface area contributed by atoms with E-state index in [0.29, 0.717) is 5.69 Å². The van der Waals surface area contributed by atoms with Crippen LogP contribution in [0.2, 0.25) is 0 Å². The van der Waals surface area contributed by atoms with E-state index in [4.69, 9.17) is 0 Å². The molecule has 0 saturated carbocycles. The Morgan fingerprint density at radius 3 is 3.00 bits per heavy atom. The molecule has 0 saturated heterocycles. The predicted octanol–water partition coefficient (Wildman–Crippen LogP) is 1.61. The Labute approximate surface area is 105 Å². The van der Waals surface area contributed by atoms with Gasteiger partial charge in [-0.15, -0.1) is 0 Å². The van der Waals surface area contributed by atoms with Crippen LogP contribution in [0, 0.1) is 0 Å². The molecule has 0 atom stereocenters. The molecule has 0 unspecified atom stereocenters. The van der Waals surface area contributed by atoms with Crippen LogP contribution in [0.15, 0.2) is 30.7 Å². The highest BCUT2D eigenvalue weighted by molar-refractivity contribution is 6.02. The summed E-state index contributed by atoms with van der Waals surface area (Å²) in [5, 5.41) is 2.86. The lowest BCUT2D eigenvalue weighted by Crippen LogP contribution is -2.12. The number of aromatic nitrogens is 2. The summed E-state index contributed by atoms with van der Waals surface area (Å²) >= 11 is 0. The molecule has 92 valence electrons. The molecular formula is C13H14N4O. The number of imidazole rings is 1. The molecule has 0 bridgehead atoms. The maximum Gasteiger partial charge on any atom is 0.273 e. The average Bonchev–Trinajstić information content (AvgIpc) is 2.95. The number of amides is 1. The van der Waals surface area contributed by atoms with Gasteiger partial charge in [-0.3, -0.25) is 9.69 Å². The number of hydrogen-bond acceptors (Lipinski definition) is 3. The zero-order valence-corrected chi connectivity index (χ0v) is 10.1. The summed E-state index contributed by atoms with van der Waals surface area (Å²) in [5.74, 6) is -0.168. The van der Waals surface area contributed by atoms with Crippen LogP contribution >= 0.6 is 0 Å². The van der Waals surface area contributed by atoms with Crippen LogP contribution < -0.4 is 5.32 Å². The molecular weight excluding hydrogens is 228 g/mol. The van der Waals surface area contributed by atoms with Crippen LogP contribution in [0.25, 0.3) is 0 Å². The lowest BCUT2D eigenvalue weighted by molar-refractivity contribution is 0.102. The van der Waals surface area contributed by atoms with Crippen molar-refractivity contribution in [1.29, 1.82) is 0 Å². The monoisotopic (exact) mass is 242 g/mol. The number of benzene rings is 1. The highest BCUT2D eigenvalue weighted by atomic mass is 16.1. The zero-order chi connectivity index (χ0) is 12.5. The predicted molar refractivity (Wildman–Crippen MR) is 68.2 cm³/mol. The summed E-state index contributed by atoms with van der Waals surface area (Å²) in [5.41, 5.74) is 3.90. The van der Waals surface area contributed by atoms with Crippen LogP contribution in [0.5, 0.6) is 0 Å². The van der Waals surface area contributed by atoms with Crippen molar-refractivity contribution in [3.8, 4) is 0 Å². The highest BCUT2D eigenvalue weighted by Gasteiger charge is 2.16. The summed E-state index contributed by atoms with van der Waals surface area (Å²) in [6.45, 7) is 1.91. The Morgan fingerprint density at radius 1 is 1.39 bits per heavy atom. The van der Waals surface area contributed by atoms with Gasteiger partial charge in [-0.25, -0.2) is 4.98 Å². The molecule has 2 heterocycles. The van der Waals surface area contributed by atoms with Crippen molar-refractivity contribution in [3.63, 3.8) is 0 Å². The van der Waals surface area contributed by atoms with Crippen molar-refractivity contribution in [2.24, 2.45) is 0 Å². The van der Waals surface area contributed by atoms with Gasteiger partial charge in [-0.2, -0.15) is 0 Å². The molecule has 0 spiro atoms. The first kappa shape index (κ1) is 11.0. The summed E-state index contributed by atoms with van der Waals surface area (Å²) in [6, 6.07) is 6.04. The van der Waals surface area contributed by atoms with Gasteiger partial charge in [0.05, 0.1) is 12.5 Å². The number of fused-ring (bicyclic) bond motifs is 1. The quantitative estimate of drug-likeness (QED) is 0.841. The minimum Gasteiger partial charge on any atom is -0.341 e. The van der Waals surface area contributed by atoms with Gasteiger partial charge in [0, 0.05) is 18.8 Å². The third-order valence-electron chi connectivity index (χ3n) is 3.09. The fourth-order valence-electron chi connectivity index (χ4n) is 2.22. The molecule has 2 aromatic rings. The normalized spacial score (nSPS) is 14.5. The first-order chi connectivity index (χ1) is 8.72. The van der Waals surface area contributed by atoms with Gasteiger partial charge in [0.25, 0.3) is 5.91 Å². The van der Waals surface area contributed by atoms with E-state index in [1.807, 2.05) is 12.1 Å². The Morgan fingerprint density at radius 2 is 2.22 bits per heavy atom. The third kappa shape index (κ3) is 2.00. The van der Waals surface area contributed by atoms with E-state index in [1.165, 1.54) is 23.7 Å². The Balaban J connectivity index is 1.78. The van der Waals surface area contributed by atoms with Gasteiger partial charge >= 0.3 is 0 Å². The van der Waals surface area contributed by atoms with E-state index >= 15 is 0 Å². The van der Waals surface area contributed by atoms with Crippen molar-refractivity contribution in [2.45, 2.75) is 13.1 Å². The van der Waals surface area contributed by atoms with Crippen LogP contribution in [-0.4, -0.2) is 27.8 Å². The number of nitrogens with zero attached hydrogens (tertiary/aromatic N) is 2. The molecule has 0 radical (unpaired) electrons. The minimum atomic E-state index is -0.168. The van der Waals surface area contributed by atoms with Crippen LogP contribution in [-0.2, 0) is 13.1 Å². The second kappa shape index (κ2) is 4.27. The smallest absolute Gasteiger partial charge is 0.273 e. The largest absolute Gasteiger partial charge is 0.341 e. The molecule has 1 aromatic carbocycles. The molecule has 5 heteroatoms. The van der Waals surface area contributed by atoms with E-state index < -0.39 is 0 Å². The number of nitrogens with one attached hydrogen (secondary N) is 2. The lowest BCUT2D eigenvalue weighted by Gasteiger charge is -2.05.